The van der Waals surface area contributed by atoms with Crippen molar-refractivity contribution in [1.82, 2.24) is 0 Å². The standard InChI is InChI=1S/C21H17FO5/c1-4-20(23)26-12-11-25-16-7-5-15(6-8-16)18-10-9-17(13-19(18)22)27-21(24)14(2)3/h4-13H,1-2H2,3H3. The average molecular weight is 368 g/mol. The van der Waals surface area contributed by atoms with Gasteiger partial charge in [-0.15, -0.1) is 0 Å². The highest BCUT2D eigenvalue weighted by atomic mass is 19.1. The van der Waals surface area contributed by atoms with Crippen LogP contribution in [-0.2, 0) is 14.3 Å². The van der Waals surface area contributed by atoms with Gasteiger partial charge in [0, 0.05) is 23.3 Å². The summed E-state index contributed by atoms with van der Waals surface area (Å²) in [5, 5.41) is 0. The minimum atomic E-state index is -0.615. The van der Waals surface area contributed by atoms with Crippen LogP contribution in [0.15, 0.2) is 79.8 Å². The van der Waals surface area contributed by atoms with Crippen molar-refractivity contribution in [2.45, 2.75) is 6.92 Å². The highest BCUT2D eigenvalue weighted by Gasteiger charge is 2.10. The first kappa shape index (κ1) is 19.7. The first-order valence-corrected chi connectivity index (χ1v) is 7.83. The molecule has 2 aromatic carbocycles. The summed E-state index contributed by atoms with van der Waals surface area (Å²) in [5.41, 5.74) is 1.18. The summed E-state index contributed by atoms with van der Waals surface area (Å²) in [6.45, 7) is 8.24. The molecule has 0 atom stereocenters. The van der Waals surface area contributed by atoms with Gasteiger partial charge in [0.05, 0.1) is 0 Å². The third-order valence-electron chi connectivity index (χ3n) is 3.28. The summed E-state index contributed by atoms with van der Waals surface area (Å²) in [6.07, 6.45) is 3.31. The van der Waals surface area contributed by atoms with Gasteiger partial charge >= 0.3 is 11.9 Å². The molecule has 0 aliphatic rings. The molecule has 6 heteroatoms. The molecule has 5 nitrogen and oxygen atoms in total. The number of ether oxygens (including phenoxy) is 3. The lowest BCUT2D eigenvalue weighted by Gasteiger charge is -2.08. The van der Waals surface area contributed by atoms with Gasteiger partial charge in [-0.25, -0.2) is 14.0 Å². The summed E-state index contributed by atoms with van der Waals surface area (Å²) in [4.78, 5) is 22.3. The zero-order valence-electron chi connectivity index (χ0n) is 14.6. The van der Waals surface area contributed by atoms with Crippen molar-refractivity contribution in [3.8, 4) is 22.6 Å². The molecule has 138 valence electrons. The van der Waals surface area contributed by atoms with Crippen molar-refractivity contribution >= 4 is 11.9 Å². The van der Waals surface area contributed by atoms with Crippen LogP contribution in [0.3, 0.4) is 0 Å². The van der Waals surface area contributed by atoms with E-state index in [1.54, 1.807) is 24.3 Å². The van der Waals surface area contributed by atoms with Gasteiger partial charge in [0.1, 0.15) is 29.8 Å². The van der Waals surface area contributed by atoms with Gasteiger partial charge in [-0.3, -0.25) is 0 Å². The third-order valence-corrected chi connectivity index (χ3v) is 3.28. The molecule has 0 saturated carbocycles. The summed E-state index contributed by atoms with van der Waals surface area (Å²) in [6, 6.07) is 10.7. The van der Waals surface area contributed by atoms with Crippen LogP contribution in [0.1, 0.15) is 6.92 Å². The first-order chi connectivity index (χ1) is 12.9. The Morgan fingerprint density at radius 3 is 2.30 bits per heavy atom. The lowest BCUT2D eigenvalue weighted by atomic mass is 10.0. The van der Waals surface area contributed by atoms with Crippen LogP contribution in [0.5, 0.6) is 11.5 Å². The second-order valence-electron chi connectivity index (χ2n) is 5.37. The van der Waals surface area contributed by atoms with E-state index in [1.165, 1.54) is 25.3 Å². The van der Waals surface area contributed by atoms with Crippen molar-refractivity contribution < 1.29 is 28.2 Å². The average Bonchev–Trinajstić information content (AvgIpc) is 2.65. The van der Waals surface area contributed by atoms with E-state index in [9.17, 15) is 14.0 Å². The number of hydrogen-bond acceptors (Lipinski definition) is 5. The van der Waals surface area contributed by atoms with Crippen LogP contribution in [0, 0.1) is 5.82 Å². The number of carbonyl (C=O) groups excluding carboxylic acids is 2. The molecule has 0 heterocycles. The molecule has 0 aliphatic heterocycles. The summed E-state index contributed by atoms with van der Waals surface area (Å²) < 4.78 is 29.2. The van der Waals surface area contributed by atoms with Gasteiger partial charge in [0.2, 0.25) is 0 Å². The van der Waals surface area contributed by atoms with E-state index < -0.39 is 17.8 Å². The molecule has 2 aromatic rings. The molecule has 0 unspecified atom stereocenters. The second-order valence-corrected chi connectivity index (χ2v) is 5.37. The Bertz CT molecular complexity index is 897. The Hall–Kier alpha value is -3.67. The van der Waals surface area contributed by atoms with E-state index in [-0.39, 0.29) is 11.3 Å². The molecule has 27 heavy (non-hydrogen) atoms. The lowest BCUT2D eigenvalue weighted by molar-refractivity contribution is -0.132. The Morgan fingerprint density at radius 1 is 1.04 bits per heavy atom. The van der Waals surface area contributed by atoms with Gasteiger partial charge in [0.15, 0.2) is 0 Å². The maximum absolute atomic E-state index is 14.3. The van der Waals surface area contributed by atoms with Crippen LogP contribution in [0.4, 0.5) is 4.39 Å². The van der Waals surface area contributed by atoms with E-state index in [2.05, 4.69) is 17.9 Å². The van der Waals surface area contributed by atoms with Crippen molar-refractivity contribution in [3.05, 3.63) is 85.6 Å². The number of carbonyl (C=O) groups is 2. The van der Waals surface area contributed by atoms with Crippen molar-refractivity contribution in [1.29, 1.82) is 0 Å². The zero-order chi connectivity index (χ0) is 19.8. The van der Waals surface area contributed by atoms with Crippen molar-refractivity contribution in [3.63, 3.8) is 0 Å². The first-order valence-electron chi connectivity index (χ1n) is 7.83. The van der Waals surface area contributed by atoms with E-state index in [0.29, 0.717) is 16.9 Å². The lowest BCUT2D eigenvalue weighted by Crippen LogP contribution is -2.08. The minimum absolute atomic E-state index is 0.100. The summed E-state index contributed by atoms with van der Waals surface area (Å²) in [5.74, 6) is -1.18. The smallest absolute Gasteiger partial charge is 0.338 e. The molecule has 0 spiro atoms. The van der Waals surface area contributed by atoms with Gasteiger partial charge in [-0.1, -0.05) is 25.3 Å². The highest BCUT2D eigenvalue weighted by Crippen LogP contribution is 2.28. The Morgan fingerprint density at radius 2 is 1.70 bits per heavy atom. The molecule has 2 rings (SSSR count). The molecule has 0 amide bonds. The fourth-order valence-corrected chi connectivity index (χ4v) is 1.95. The molecule has 0 aromatic heterocycles. The fourth-order valence-electron chi connectivity index (χ4n) is 1.95. The van der Waals surface area contributed by atoms with E-state index in [1.807, 2.05) is 0 Å². The molecule has 0 fully saturated rings. The maximum Gasteiger partial charge on any atom is 0.338 e. The normalized spacial score (nSPS) is 10.3. The van der Waals surface area contributed by atoms with E-state index in [4.69, 9.17) is 9.47 Å². The monoisotopic (exact) mass is 368 g/mol. The Kier molecular flexibility index (Phi) is 6.66. The molecular formula is C21H17FO5. The highest BCUT2D eigenvalue weighted by molar-refractivity contribution is 5.88. The van der Waals surface area contributed by atoms with Crippen LogP contribution in [-0.4, -0.2) is 11.9 Å². The number of rotatable bonds is 7. The van der Waals surface area contributed by atoms with Gasteiger partial charge in [0.25, 0.3) is 0 Å². The van der Waals surface area contributed by atoms with Crippen LogP contribution in [0.2, 0.25) is 0 Å². The van der Waals surface area contributed by atoms with Crippen molar-refractivity contribution in [2.75, 3.05) is 0 Å². The molecule has 0 aliphatic carbocycles. The number of benzene rings is 2. The molecule has 0 radical (unpaired) electrons. The van der Waals surface area contributed by atoms with Crippen LogP contribution >= 0.6 is 0 Å². The summed E-state index contributed by atoms with van der Waals surface area (Å²) >= 11 is 0. The van der Waals surface area contributed by atoms with Crippen molar-refractivity contribution in [2.24, 2.45) is 0 Å². The minimum Gasteiger partial charge on any atom is -0.462 e. The third kappa shape index (κ3) is 5.67. The quantitative estimate of drug-likeness (QED) is 0.310. The topological polar surface area (TPSA) is 61.8 Å². The second kappa shape index (κ2) is 9.15. The van der Waals surface area contributed by atoms with Gasteiger partial charge < -0.3 is 14.2 Å². The fraction of sp³-hybridized carbons (Fsp3) is 0.0476. The Balaban J connectivity index is 2.06. The number of halogens is 1. The SMILES string of the molecule is C=CC(=O)OC=COc1ccc(-c2ccc(OC(=O)C(=C)C)cc2F)cc1. The summed E-state index contributed by atoms with van der Waals surface area (Å²) in [7, 11) is 0. The molecule has 0 saturated heterocycles. The number of esters is 2. The maximum atomic E-state index is 14.3. The molecule has 0 N–H and O–H groups in total. The number of hydrogen-bond donors (Lipinski definition) is 0. The van der Waals surface area contributed by atoms with Gasteiger partial charge in [-0.2, -0.15) is 0 Å². The predicted molar refractivity (Wildman–Crippen MR) is 98.3 cm³/mol. The predicted octanol–water partition coefficient (Wildman–Crippen LogP) is 4.55. The van der Waals surface area contributed by atoms with Gasteiger partial charge in [-0.05, 0) is 36.8 Å². The van der Waals surface area contributed by atoms with E-state index in [0.717, 1.165) is 18.4 Å². The zero-order valence-corrected chi connectivity index (χ0v) is 14.6. The van der Waals surface area contributed by atoms with E-state index >= 15 is 0 Å². The Labute approximate surface area is 156 Å². The van der Waals surface area contributed by atoms with Crippen LogP contribution in [0.25, 0.3) is 11.1 Å². The largest absolute Gasteiger partial charge is 0.462 e. The molecular weight excluding hydrogens is 351 g/mol. The van der Waals surface area contributed by atoms with Crippen LogP contribution < -0.4 is 9.47 Å². The molecule has 0 bridgehead atoms.